The van der Waals surface area contributed by atoms with Gasteiger partial charge in [0.05, 0.1) is 11.9 Å². The van der Waals surface area contributed by atoms with Gasteiger partial charge in [0.2, 0.25) is 10.0 Å². The summed E-state index contributed by atoms with van der Waals surface area (Å²) in [6, 6.07) is 7.22. The maximum atomic E-state index is 11.6. The quantitative estimate of drug-likeness (QED) is 0.899. The molecule has 0 fully saturated rings. The Morgan fingerprint density at radius 2 is 2.00 bits per heavy atom. The van der Waals surface area contributed by atoms with Crippen LogP contribution < -0.4 is 0 Å². The number of sulfonamides is 1. The molecule has 0 bridgehead atoms. The monoisotopic (exact) mass is 321 g/mol. The Bertz CT molecular complexity index is 475. The van der Waals surface area contributed by atoms with Crippen LogP contribution in [0, 0.1) is 0 Å². The minimum atomic E-state index is -3.26. The smallest absolute Gasteiger partial charge is 0.213 e. The number of benzene rings is 1. The van der Waals surface area contributed by atoms with Crippen molar-refractivity contribution >= 4 is 26.0 Å². The Morgan fingerprint density at radius 3 is 2.53 bits per heavy atom. The van der Waals surface area contributed by atoms with Gasteiger partial charge in [0.1, 0.15) is 0 Å². The molecule has 1 N–H and O–H groups in total. The van der Waals surface area contributed by atoms with Gasteiger partial charge < -0.3 is 5.11 Å². The van der Waals surface area contributed by atoms with Crippen LogP contribution in [-0.2, 0) is 10.0 Å². The molecule has 0 aliphatic carbocycles. The zero-order chi connectivity index (χ0) is 13.1. The second-order valence-corrected chi connectivity index (χ2v) is 6.94. The number of nitrogens with zero attached hydrogens (tertiary/aromatic N) is 1. The van der Waals surface area contributed by atoms with Crippen molar-refractivity contribution in [3.05, 3.63) is 34.3 Å². The third-order valence-corrected chi connectivity index (χ3v) is 5.08. The Labute approximate surface area is 110 Å². The van der Waals surface area contributed by atoms with Crippen LogP contribution in [0.4, 0.5) is 0 Å². The molecular weight excluding hydrogens is 306 g/mol. The molecule has 6 heteroatoms. The zero-order valence-corrected chi connectivity index (χ0v) is 12.2. The van der Waals surface area contributed by atoms with Gasteiger partial charge in [-0.1, -0.05) is 34.1 Å². The summed E-state index contributed by atoms with van der Waals surface area (Å²) in [5.74, 6) is 0.0339. The number of hydrogen-bond acceptors (Lipinski definition) is 3. The summed E-state index contributed by atoms with van der Waals surface area (Å²) >= 11 is 3.33. The predicted octanol–water partition coefficient (Wildman–Crippen LogP) is 1.76. The van der Waals surface area contributed by atoms with Gasteiger partial charge in [0, 0.05) is 18.1 Å². The van der Waals surface area contributed by atoms with E-state index in [1.807, 2.05) is 12.1 Å². The standard InChI is InChI=1S/C11H16BrNO3S/c1-3-17(15,16)13(2)8-11(14)9-6-4-5-7-10(9)12/h4-7,11,14H,3,8H2,1-2H3. The molecule has 1 rings (SSSR count). The zero-order valence-electron chi connectivity index (χ0n) is 9.80. The fraction of sp³-hybridized carbons (Fsp3) is 0.455. The number of likely N-dealkylation sites (N-methyl/N-ethyl adjacent to an activating group) is 1. The van der Waals surface area contributed by atoms with E-state index in [2.05, 4.69) is 15.9 Å². The van der Waals surface area contributed by atoms with Gasteiger partial charge in [-0.25, -0.2) is 12.7 Å². The molecule has 1 aromatic rings. The Morgan fingerprint density at radius 1 is 1.41 bits per heavy atom. The highest BCUT2D eigenvalue weighted by Gasteiger charge is 2.20. The maximum absolute atomic E-state index is 11.6. The van der Waals surface area contributed by atoms with Crippen molar-refractivity contribution in [3.63, 3.8) is 0 Å². The predicted molar refractivity (Wildman–Crippen MR) is 71.2 cm³/mol. The van der Waals surface area contributed by atoms with E-state index in [1.54, 1.807) is 19.1 Å². The van der Waals surface area contributed by atoms with Crippen molar-refractivity contribution in [3.8, 4) is 0 Å². The average Bonchev–Trinajstić information content (AvgIpc) is 2.29. The molecule has 1 atom stereocenters. The van der Waals surface area contributed by atoms with Crippen LogP contribution >= 0.6 is 15.9 Å². The summed E-state index contributed by atoms with van der Waals surface area (Å²) < 4.78 is 25.1. The second-order valence-electron chi connectivity index (χ2n) is 3.72. The summed E-state index contributed by atoms with van der Waals surface area (Å²) in [5, 5.41) is 9.99. The summed E-state index contributed by atoms with van der Waals surface area (Å²) in [6.07, 6.45) is -0.836. The molecular formula is C11H16BrNO3S. The van der Waals surface area contributed by atoms with Crippen LogP contribution in [0.3, 0.4) is 0 Å². The van der Waals surface area contributed by atoms with Crippen LogP contribution in [0.25, 0.3) is 0 Å². The largest absolute Gasteiger partial charge is 0.387 e. The van der Waals surface area contributed by atoms with Gasteiger partial charge >= 0.3 is 0 Å². The lowest BCUT2D eigenvalue weighted by Crippen LogP contribution is -2.32. The average molecular weight is 322 g/mol. The number of rotatable bonds is 5. The van der Waals surface area contributed by atoms with Crippen LogP contribution in [0.1, 0.15) is 18.6 Å². The molecule has 0 amide bonds. The molecule has 0 saturated carbocycles. The maximum Gasteiger partial charge on any atom is 0.213 e. The van der Waals surface area contributed by atoms with E-state index in [-0.39, 0.29) is 12.3 Å². The number of hydrogen-bond donors (Lipinski definition) is 1. The van der Waals surface area contributed by atoms with Crippen LogP contribution in [0.5, 0.6) is 0 Å². The minimum Gasteiger partial charge on any atom is -0.387 e. The topological polar surface area (TPSA) is 57.6 Å². The van der Waals surface area contributed by atoms with Crippen LogP contribution in [0.2, 0.25) is 0 Å². The highest BCUT2D eigenvalue weighted by atomic mass is 79.9. The van der Waals surface area contributed by atoms with Crippen LogP contribution in [-0.4, -0.2) is 37.2 Å². The van der Waals surface area contributed by atoms with E-state index in [9.17, 15) is 13.5 Å². The summed E-state index contributed by atoms with van der Waals surface area (Å²) in [6.45, 7) is 1.63. The number of aliphatic hydroxyl groups excluding tert-OH is 1. The molecule has 0 aliphatic rings. The van der Waals surface area contributed by atoms with Crippen molar-refractivity contribution in [1.82, 2.24) is 4.31 Å². The van der Waals surface area contributed by atoms with E-state index < -0.39 is 16.1 Å². The summed E-state index contributed by atoms with van der Waals surface area (Å²) in [7, 11) is -1.78. The third kappa shape index (κ3) is 3.77. The molecule has 0 spiro atoms. The molecule has 0 radical (unpaired) electrons. The van der Waals surface area contributed by atoms with Crippen molar-refractivity contribution in [2.45, 2.75) is 13.0 Å². The van der Waals surface area contributed by atoms with E-state index >= 15 is 0 Å². The first kappa shape index (κ1) is 14.6. The number of halogens is 1. The van der Waals surface area contributed by atoms with Crippen molar-refractivity contribution < 1.29 is 13.5 Å². The van der Waals surface area contributed by atoms with Crippen molar-refractivity contribution in [2.75, 3.05) is 19.3 Å². The van der Waals surface area contributed by atoms with Gasteiger partial charge in [-0.3, -0.25) is 0 Å². The Hall–Kier alpha value is -0.430. The SMILES string of the molecule is CCS(=O)(=O)N(C)CC(O)c1ccccc1Br. The van der Waals surface area contributed by atoms with E-state index in [0.717, 1.165) is 4.47 Å². The lowest BCUT2D eigenvalue weighted by atomic mass is 10.1. The minimum absolute atomic E-state index is 0.0339. The molecule has 0 heterocycles. The lowest BCUT2D eigenvalue weighted by molar-refractivity contribution is 0.154. The lowest BCUT2D eigenvalue weighted by Gasteiger charge is -2.20. The van der Waals surface area contributed by atoms with E-state index in [4.69, 9.17) is 0 Å². The molecule has 17 heavy (non-hydrogen) atoms. The molecule has 1 unspecified atom stereocenters. The van der Waals surface area contributed by atoms with Crippen molar-refractivity contribution in [1.29, 1.82) is 0 Å². The van der Waals surface area contributed by atoms with Gasteiger partial charge in [-0.15, -0.1) is 0 Å². The normalized spacial score (nSPS) is 13.9. The fourth-order valence-corrected chi connectivity index (χ4v) is 2.78. The fourth-order valence-electron chi connectivity index (χ4n) is 1.42. The van der Waals surface area contributed by atoms with Gasteiger partial charge in [0.25, 0.3) is 0 Å². The van der Waals surface area contributed by atoms with E-state index in [1.165, 1.54) is 11.4 Å². The molecule has 1 aromatic carbocycles. The molecule has 4 nitrogen and oxygen atoms in total. The van der Waals surface area contributed by atoms with Crippen molar-refractivity contribution in [2.24, 2.45) is 0 Å². The van der Waals surface area contributed by atoms with Gasteiger partial charge in [0.15, 0.2) is 0 Å². The third-order valence-electron chi connectivity index (χ3n) is 2.53. The summed E-state index contributed by atoms with van der Waals surface area (Å²) in [5.41, 5.74) is 0.686. The highest BCUT2D eigenvalue weighted by Crippen LogP contribution is 2.23. The first-order valence-corrected chi connectivity index (χ1v) is 7.65. The Balaban J connectivity index is 2.81. The van der Waals surface area contributed by atoms with Crippen LogP contribution in [0.15, 0.2) is 28.7 Å². The molecule has 0 saturated heterocycles. The molecule has 96 valence electrons. The highest BCUT2D eigenvalue weighted by molar-refractivity contribution is 9.10. The second kappa shape index (κ2) is 5.95. The molecule has 0 aliphatic heterocycles. The molecule has 0 aromatic heterocycles. The first-order chi connectivity index (χ1) is 7.88. The first-order valence-electron chi connectivity index (χ1n) is 5.25. The van der Waals surface area contributed by atoms with Gasteiger partial charge in [-0.2, -0.15) is 0 Å². The Kier molecular flexibility index (Phi) is 5.12. The van der Waals surface area contributed by atoms with E-state index in [0.29, 0.717) is 5.56 Å². The number of aliphatic hydroxyl groups is 1. The van der Waals surface area contributed by atoms with Gasteiger partial charge in [-0.05, 0) is 18.6 Å². The summed E-state index contributed by atoms with van der Waals surface area (Å²) in [4.78, 5) is 0.